The van der Waals surface area contributed by atoms with E-state index in [-0.39, 0.29) is 0 Å². The normalized spacial score (nSPS) is 20.9. The van der Waals surface area contributed by atoms with E-state index in [4.69, 9.17) is 15.0 Å². The second kappa shape index (κ2) is 8.55. The van der Waals surface area contributed by atoms with Crippen molar-refractivity contribution in [2.24, 2.45) is 0 Å². The number of carbonyl (C=O) groups is 1. The van der Waals surface area contributed by atoms with Gasteiger partial charge in [-0.25, -0.2) is 4.98 Å². The van der Waals surface area contributed by atoms with E-state index in [1.54, 1.807) is 6.20 Å². The molecular formula is C25H28N8O. The number of carbonyl (C=O) groups excluding carboxylic acids is 1. The van der Waals surface area contributed by atoms with Crippen LogP contribution in [0.4, 0.5) is 11.8 Å². The van der Waals surface area contributed by atoms with Gasteiger partial charge in [0, 0.05) is 50.1 Å². The van der Waals surface area contributed by atoms with Crippen LogP contribution in [0.1, 0.15) is 38.5 Å². The highest BCUT2D eigenvalue weighted by atomic mass is 16.2. The molecule has 174 valence electrons. The molecule has 5 heterocycles. The summed E-state index contributed by atoms with van der Waals surface area (Å²) >= 11 is 0. The number of aromatic nitrogens is 5. The van der Waals surface area contributed by atoms with E-state index in [1.165, 1.54) is 0 Å². The minimum absolute atomic E-state index is 0.306. The largest absolute Gasteiger partial charge is 0.372 e. The van der Waals surface area contributed by atoms with Gasteiger partial charge in [0.05, 0.1) is 22.1 Å². The zero-order chi connectivity index (χ0) is 23.1. The third-order valence-electron chi connectivity index (χ3n) is 7.08. The number of fused-ring (bicyclic) bond motifs is 2. The van der Waals surface area contributed by atoms with Crippen LogP contribution in [0.25, 0.3) is 33.3 Å². The first-order valence-electron chi connectivity index (χ1n) is 12.0. The lowest BCUT2D eigenvalue weighted by Crippen LogP contribution is -2.41. The second-order valence-electron chi connectivity index (χ2n) is 9.15. The van der Waals surface area contributed by atoms with Crippen molar-refractivity contribution < 1.29 is 4.79 Å². The Morgan fingerprint density at radius 2 is 1.94 bits per heavy atom. The molecule has 1 saturated heterocycles. The molecule has 0 bridgehead atoms. The van der Waals surface area contributed by atoms with E-state index in [0.29, 0.717) is 30.4 Å². The Morgan fingerprint density at radius 1 is 1.06 bits per heavy atom. The van der Waals surface area contributed by atoms with Gasteiger partial charge in [-0.3, -0.25) is 9.78 Å². The van der Waals surface area contributed by atoms with Crippen LogP contribution in [-0.4, -0.2) is 61.4 Å². The van der Waals surface area contributed by atoms with Crippen LogP contribution < -0.4 is 10.6 Å². The van der Waals surface area contributed by atoms with Gasteiger partial charge >= 0.3 is 0 Å². The Bertz CT molecular complexity index is 1360. The highest BCUT2D eigenvalue weighted by molar-refractivity contribution is 6.01. The van der Waals surface area contributed by atoms with Crippen LogP contribution in [0.15, 0.2) is 36.7 Å². The molecule has 2 aliphatic rings. The Labute approximate surface area is 197 Å². The number of nitrogens with one attached hydrogen (secondary N) is 3. The molecule has 9 nitrogen and oxygen atoms in total. The lowest BCUT2D eigenvalue weighted by molar-refractivity contribution is -0.130. The maximum atomic E-state index is 12.1. The van der Waals surface area contributed by atoms with Crippen molar-refractivity contribution in [2.75, 3.05) is 24.2 Å². The summed E-state index contributed by atoms with van der Waals surface area (Å²) in [5, 5.41) is 7.69. The summed E-state index contributed by atoms with van der Waals surface area (Å²) in [7, 11) is 1.87. The van der Waals surface area contributed by atoms with Gasteiger partial charge in [0.25, 0.3) is 0 Å². The van der Waals surface area contributed by atoms with Crippen LogP contribution >= 0.6 is 0 Å². The van der Waals surface area contributed by atoms with Gasteiger partial charge in [0.1, 0.15) is 11.5 Å². The standard InChI is InChI=1S/C25H28N8O/c1-26-23-22-17(18-10-11-19-20(30-18)4-2-12-27-19)14-28-24(22)32-25(31-23)29-15-6-8-16(9-7-15)33-13-3-5-21(33)34/h2,4,10-12,14-16H,3,5-9,13H2,1H3,(H3,26,28,29,31,32)/t15-,16+. The smallest absolute Gasteiger partial charge is 0.226 e. The summed E-state index contributed by atoms with van der Waals surface area (Å²) in [6.07, 6.45) is 9.50. The number of amides is 1. The summed E-state index contributed by atoms with van der Waals surface area (Å²) in [5.41, 5.74) is 4.29. The molecule has 4 aromatic rings. The van der Waals surface area contributed by atoms with Crippen molar-refractivity contribution in [1.29, 1.82) is 0 Å². The van der Waals surface area contributed by atoms with E-state index in [0.717, 1.165) is 77.8 Å². The van der Waals surface area contributed by atoms with Crippen molar-refractivity contribution in [2.45, 2.75) is 50.6 Å². The van der Waals surface area contributed by atoms with Gasteiger partial charge in [-0.15, -0.1) is 0 Å². The summed E-state index contributed by atoms with van der Waals surface area (Å²) in [4.78, 5) is 36.2. The zero-order valence-electron chi connectivity index (χ0n) is 19.2. The predicted octanol–water partition coefficient (Wildman–Crippen LogP) is 3.96. The number of anilines is 2. The number of likely N-dealkylation sites (tertiary alicyclic amines) is 1. The molecule has 0 spiro atoms. The monoisotopic (exact) mass is 456 g/mol. The number of hydrogen-bond acceptors (Lipinski definition) is 7. The van der Waals surface area contributed by atoms with Crippen molar-refractivity contribution in [3.05, 3.63) is 36.7 Å². The number of rotatable bonds is 5. The molecule has 1 aliphatic heterocycles. The maximum Gasteiger partial charge on any atom is 0.226 e. The molecule has 0 unspecified atom stereocenters. The third kappa shape index (κ3) is 3.70. The van der Waals surface area contributed by atoms with Crippen LogP contribution in [0.2, 0.25) is 0 Å². The Kier molecular flexibility index (Phi) is 5.24. The minimum Gasteiger partial charge on any atom is -0.372 e. The lowest BCUT2D eigenvalue weighted by Gasteiger charge is -2.34. The molecule has 4 aromatic heterocycles. The summed E-state index contributed by atoms with van der Waals surface area (Å²) in [6.45, 7) is 0.921. The number of pyridine rings is 2. The quantitative estimate of drug-likeness (QED) is 0.417. The fourth-order valence-corrected chi connectivity index (χ4v) is 5.36. The van der Waals surface area contributed by atoms with Gasteiger partial charge in [-0.2, -0.15) is 9.97 Å². The molecular weight excluding hydrogens is 428 g/mol. The Balaban J connectivity index is 1.23. The first-order valence-corrected chi connectivity index (χ1v) is 12.0. The van der Waals surface area contributed by atoms with E-state index in [9.17, 15) is 4.79 Å². The zero-order valence-corrected chi connectivity index (χ0v) is 19.2. The minimum atomic E-state index is 0.306. The fourth-order valence-electron chi connectivity index (χ4n) is 5.36. The molecule has 0 radical (unpaired) electrons. The Hall–Kier alpha value is -3.75. The van der Waals surface area contributed by atoms with E-state index in [1.807, 2.05) is 37.5 Å². The summed E-state index contributed by atoms with van der Waals surface area (Å²) in [5.74, 6) is 1.69. The summed E-state index contributed by atoms with van der Waals surface area (Å²) < 4.78 is 0. The van der Waals surface area contributed by atoms with Crippen LogP contribution in [-0.2, 0) is 4.79 Å². The number of hydrogen-bond donors (Lipinski definition) is 3. The topological polar surface area (TPSA) is 112 Å². The second-order valence-corrected chi connectivity index (χ2v) is 9.15. The molecule has 34 heavy (non-hydrogen) atoms. The van der Waals surface area contributed by atoms with Crippen LogP contribution in [0.5, 0.6) is 0 Å². The van der Waals surface area contributed by atoms with Gasteiger partial charge in [-0.05, 0) is 56.4 Å². The third-order valence-corrected chi connectivity index (χ3v) is 7.08. The Morgan fingerprint density at radius 3 is 2.74 bits per heavy atom. The fraction of sp³-hybridized carbons (Fsp3) is 0.400. The molecule has 1 amide bonds. The van der Waals surface area contributed by atoms with Crippen molar-refractivity contribution in [1.82, 2.24) is 29.8 Å². The van der Waals surface area contributed by atoms with E-state index in [2.05, 4.69) is 25.5 Å². The summed E-state index contributed by atoms with van der Waals surface area (Å²) in [6, 6.07) is 8.52. The SMILES string of the molecule is CNc1nc(N[C@H]2CC[C@@H](N3CCCC3=O)CC2)nc2[nH]cc(-c3ccc4ncccc4n3)c12. The molecule has 0 atom stereocenters. The number of nitrogens with zero attached hydrogens (tertiary/aromatic N) is 5. The van der Waals surface area contributed by atoms with E-state index < -0.39 is 0 Å². The average Bonchev–Trinajstić information content (AvgIpc) is 3.50. The molecule has 1 saturated carbocycles. The molecule has 2 fully saturated rings. The van der Waals surface area contributed by atoms with Gasteiger partial charge in [0.2, 0.25) is 11.9 Å². The molecule has 1 aliphatic carbocycles. The van der Waals surface area contributed by atoms with Crippen LogP contribution in [0, 0.1) is 0 Å². The molecule has 6 rings (SSSR count). The lowest BCUT2D eigenvalue weighted by atomic mass is 9.90. The van der Waals surface area contributed by atoms with Crippen LogP contribution in [0.3, 0.4) is 0 Å². The number of aromatic amines is 1. The highest BCUT2D eigenvalue weighted by Gasteiger charge is 2.31. The molecule has 3 N–H and O–H groups in total. The predicted molar refractivity (Wildman–Crippen MR) is 133 cm³/mol. The van der Waals surface area contributed by atoms with E-state index >= 15 is 0 Å². The van der Waals surface area contributed by atoms with Crippen molar-refractivity contribution in [3.8, 4) is 11.3 Å². The average molecular weight is 457 g/mol. The van der Waals surface area contributed by atoms with Crippen molar-refractivity contribution in [3.63, 3.8) is 0 Å². The first-order chi connectivity index (χ1) is 16.7. The van der Waals surface area contributed by atoms with Gasteiger partial charge in [0.15, 0.2) is 0 Å². The van der Waals surface area contributed by atoms with Gasteiger partial charge in [-0.1, -0.05) is 0 Å². The van der Waals surface area contributed by atoms with Gasteiger partial charge < -0.3 is 20.5 Å². The van der Waals surface area contributed by atoms with Crippen molar-refractivity contribution >= 4 is 39.7 Å². The molecule has 0 aromatic carbocycles. The number of H-pyrrole nitrogens is 1. The molecule has 9 heteroatoms. The highest BCUT2D eigenvalue weighted by Crippen LogP contribution is 2.33. The first kappa shape index (κ1) is 20.8. The maximum absolute atomic E-state index is 12.1.